The predicted molar refractivity (Wildman–Crippen MR) is 56.8 cm³/mol. The Labute approximate surface area is 86.1 Å². The SMILES string of the molecule is CC(C)N(CCO)C(=O)CCCCN. The van der Waals surface area contributed by atoms with Crippen LogP contribution >= 0.6 is 0 Å². The first-order chi connectivity index (χ1) is 6.63. The Morgan fingerprint density at radius 2 is 2.07 bits per heavy atom. The Morgan fingerprint density at radius 1 is 1.43 bits per heavy atom. The molecule has 0 aromatic carbocycles. The largest absolute Gasteiger partial charge is 0.395 e. The lowest BCUT2D eigenvalue weighted by Crippen LogP contribution is -2.38. The van der Waals surface area contributed by atoms with Gasteiger partial charge in [0.1, 0.15) is 0 Å². The Hall–Kier alpha value is -0.610. The van der Waals surface area contributed by atoms with Gasteiger partial charge in [0.25, 0.3) is 0 Å². The van der Waals surface area contributed by atoms with Crippen molar-refractivity contribution in [2.75, 3.05) is 19.7 Å². The molecule has 0 bridgehead atoms. The Balaban J connectivity index is 3.89. The van der Waals surface area contributed by atoms with Crippen LogP contribution in [0.3, 0.4) is 0 Å². The van der Waals surface area contributed by atoms with Crippen LogP contribution in [0.15, 0.2) is 0 Å². The van der Waals surface area contributed by atoms with E-state index in [2.05, 4.69) is 0 Å². The molecule has 0 atom stereocenters. The molecule has 0 aromatic heterocycles. The molecule has 0 aromatic rings. The summed E-state index contributed by atoms with van der Waals surface area (Å²) in [4.78, 5) is 13.3. The van der Waals surface area contributed by atoms with E-state index in [1.54, 1.807) is 4.90 Å². The number of nitrogens with two attached hydrogens (primary N) is 1. The maximum atomic E-state index is 11.6. The molecule has 14 heavy (non-hydrogen) atoms. The molecule has 0 aliphatic heterocycles. The summed E-state index contributed by atoms with van der Waals surface area (Å²) in [7, 11) is 0. The second-order valence-corrected chi connectivity index (χ2v) is 3.65. The van der Waals surface area contributed by atoms with Crippen molar-refractivity contribution in [1.29, 1.82) is 0 Å². The van der Waals surface area contributed by atoms with Crippen LogP contribution in [0.2, 0.25) is 0 Å². The van der Waals surface area contributed by atoms with Gasteiger partial charge in [0.05, 0.1) is 6.61 Å². The van der Waals surface area contributed by atoms with Crippen molar-refractivity contribution in [2.45, 2.75) is 39.2 Å². The van der Waals surface area contributed by atoms with Gasteiger partial charge in [0, 0.05) is 19.0 Å². The molecule has 4 nitrogen and oxygen atoms in total. The molecule has 4 heteroatoms. The van der Waals surface area contributed by atoms with E-state index < -0.39 is 0 Å². The van der Waals surface area contributed by atoms with Crippen LogP contribution in [0, 0.1) is 0 Å². The van der Waals surface area contributed by atoms with E-state index in [1.165, 1.54) is 0 Å². The summed E-state index contributed by atoms with van der Waals surface area (Å²) >= 11 is 0. The van der Waals surface area contributed by atoms with Gasteiger partial charge in [0.2, 0.25) is 5.91 Å². The van der Waals surface area contributed by atoms with Gasteiger partial charge in [-0.25, -0.2) is 0 Å². The lowest BCUT2D eigenvalue weighted by molar-refractivity contribution is -0.133. The van der Waals surface area contributed by atoms with Gasteiger partial charge in [0.15, 0.2) is 0 Å². The summed E-state index contributed by atoms with van der Waals surface area (Å²) in [5.41, 5.74) is 5.34. The van der Waals surface area contributed by atoms with E-state index in [0.717, 1.165) is 12.8 Å². The molecule has 1 amide bonds. The summed E-state index contributed by atoms with van der Waals surface area (Å²) in [6, 6.07) is 0.160. The number of carbonyl (C=O) groups excluding carboxylic acids is 1. The van der Waals surface area contributed by atoms with Crippen LogP contribution in [-0.4, -0.2) is 41.7 Å². The zero-order valence-electron chi connectivity index (χ0n) is 9.20. The molecule has 3 N–H and O–H groups in total. The van der Waals surface area contributed by atoms with Crippen molar-refractivity contribution in [3.05, 3.63) is 0 Å². The third-order valence-corrected chi connectivity index (χ3v) is 2.13. The fraction of sp³-hybridized carbons (Fsp3) is 0.900. The number of amides is 1. The molecular formula is C10H22N2O2. The van der Waals surface area contributed by atoms with E-state index in [0.29, 0.717) is 19.5 Å². The van der Waals surface area contributed by atoms with Crippen molar-refractivity contribution in [3.8, 4) is 0 Å². The maximum absolute atomic E-state index is 11.6. The van der Waals surface area contributed by atoms with Gasteiger partial charge in [-0.15, -0.1) is 0 Å². The molecule has 0 radical (unpaired) electrons. The highest BCUT2D eigenvalue weighted by Crippen LogP contribution is 2.04. The summed E-state index contributed by atoms with van der Waals surface area (Å²) in [6.07, 6.45) is 2.26. The molecule has 0 aliphatic carbocycles. The van der Waals surface area contributed by atoms with Crippen molar-refractivity contribution in [1.82, 2.24) is 4.90 Å². The first kappa shape index (κ1) is 13.4. The quantitative estimate of drug-likeness (QED) is 0.585. The van der Waals surface area contributed by atoms with Crippen LogP contribution in [0.4, 0.5) is 0 Å². The zero-order chi connectivity index (χ0) is 11.0. The van der Waals surface area contributed by atoms with Crippen LogP contribution in [-0.2, 0) is 4.79 Å². The number of hydrogen-bond acceptors (Lipinski definition) is 3. The second kappa shape index (κ2) is 7.76. The molecule has 0 fully saturated rings. The average molecular weight is 202 g/mol. The van der Waals surface area contributed by atoms with Gasteiger partial charge >= 0.3 is 0 Å². The molecule has 0 aliphatic rings. The van der Waals surface area contributed by atoms with Crippen molar-refractivity contribution < 1.29 is 9.90 Å². The first-order valence-corrected chi connectivity index (χ1v) is 5.23. The highest BCUT2D eigenvalue weighted by atomic mass is 16.3. The number of hydrogen-bond donors (Lipinski definition) is 2. The minimum Gasteiger partial charge on any atom is -0.395 e. The fourth-order valence-electron chi connectivity index (χ4n) is 1.34. The fourth-order valence-corrected chi connectivity index (χ4v) is 1.34. The van der Waals surface area contributed by atoms with Crippen LogP contribution < -0.4 is 5.73 Å². The zero-order valence-corrected chi connectivity index (χ0v) is 9.20. The molecule has 0 unspecified atom stereocenters. The average Bonchev–Trinajstić information content (AvgIpc) is 2.13. The smallest absolute Gasteiger partial charge is 0.222 e. The van der Waals surface area contributed by atoms with Crippen molar-refractivity contribution >= 4 is 5.91 Å². The van der Waals surface area contributed by atoms with Crippen LogP contribution in [0.25, 0.3) is 0 Å². The molecular weight excluding hydrogens is 180 g/mol. The van der Waals surface area contributed by atoms with Gasteiger partial charge in [-0.3, -0.25) is 4.79 Å². The lowest BCUT2D eigenvalue weighted by Gasteiger charge is -2.25. The van der Waals surface area contributed by atoms with E-state index in [-0.39, 0.29) is 18.6 Å². The third kappa shape index (κ3) is 5.19. The highest BCUT2D eigenvalue weighted by Gasteiger charge is 2.14. The van der Waals surface area contributed by atoms with E-state index in [9.17, 15) is 4.79 Å². The Morgan fingerprint density at radius 3 is 2.50 bits per heavy atom. The summed E-state index contributed by atoms with van der Waals surface area (Å²) < 4.78 is 0. The topological polar surface area (TPSA) is 66.6 Å². The molecule has 0 rings (SSSR count). The van der Waals surface area contributed by atoms with Crippen LogP contribution in [0.5, 0.6) is 0 Å². The van der Waals surface area contributed by atoms with E-state index in [4.69, 9.17) is 10.8 Å². The molecule has 0 saturated heterocycles. The number of aliphatic hydroxyl groups is 1. The molecule has 0 heterocycles. The van der Waals surface area contributed by atoms with Crippen LogP contribution in [0.1, 0.15) is 33.1 Å². The Bertz CT molecular complexity index is 160. The van der Waals surface area contributed by atoms with Gasteiger partial charge < -0.3 is 15.7 Å². The summed E-state index contributed by atoms with van der Waals surface area (Å²) in [5.74, 6) is 0.113. The van der Waals surface area contributed by atoms with Gasteiger partial charge in [-0.1, -0.05) is 0 Å². The number of unbranched alkanes of at least 4 members (excludes halogenated alkanes) is 1. The van der Waals surface area contributed by atoms with Gasteiger partial charge in [-0.05, 0) is 33.2 Å². The number of aliphatic hydroxyl groups excluding tert-OH is 1. The second-order valence-electron chi connectivity index (χ2n) is 3.65. The van der Waals surface area contributed by atoms with Crippen molar-refractivity contribution in [3.63, 3.8) is 0 Å². The van der Waals surface area contributed by atoms with Crippen molar-refractivity contribution in [2.24, 2.45) is 5.73 Å². The molecule has 0 spiro atoms. The highest BCUT2D eigenvalue weighted by molar-refractivity contribution is 5.76. The minimum absolute atomic E-state index is 0.0286. The Kier molecular flexibility index (Phi) is 7.42. The van der Waals surface area contributed by atoms with E-state index in [1.807, 2.05) is 13.8 Å². The standard InChI is InChI=1S/C10H22N2O2/c1-9(2)12(7-8-13)10(14)5-3-4-6-11/h9,13H,3-8,11H2,1-2H3. The normalized spacial score (nSPS) is 10.6. The summed E-state index contributed by atoms with van der Waals surface area (Å²) in [6.45, 7) is 5.00. The first-order valence-electron chi connectivity index (χ1n) is 5.23. The predicted octanol–water partition coefficient (Wildman–Crippen LogP) is 0.345. The number of rotatable bonds is 7. The molecule has 0 saturated carbocycles. The van der Waals surface area contributed by atoms with E-state index >= 15 is 0 Å². The lowest BCUT2D eigenvalue weighted by atomic mass is 10.2. The van der Waals surface area contributed by atoms with Gasteiger partial charge in [-0.2, -0.15) is 0 Å². The molecule has 84 valence electrons. The number of carbonyl (C=O) groups is 1. The minimum atomic E-state index is 0.0286. The summed E-state index contributed by atoms with van der Waals surface area (Å²) in [5, 5.41) is 8.79. The number of nitrogens with zero attached hydrogens (tertiary/aromatic N) is 1. The monoisotopic (exact) mass is 202 g/mol. The maximum Gasteiger partial charge on any atom is 0.222 e. The third-order valence-electron chi connectivity index (χ3n) is 2.13.